The highest BCUT2D eigenvalue weighted by atomic mass is 14.6. The molecule has 0 saturated heterocycles. The molecule has 0 saturated carbocycles. The minimum Gasteiger partial charge on any atom is -0.330 e. The fourth-order valence-corrected chi connectivity index (χ4v) is 2.85. The van der Waals surface area contributed by atoms with E-state index in [9.17, 15) is 0 Å². The Kier molecular flexibility index (Phi) is 3.83. The molecule has 2 aromatic carbocycles. The molecule has 1 atom stereocenters. The van der Waals surface area contributed by atoms with E-state index >= 15 is 0 Å². The van der Waals surface area contributed by atoms with E-state index in [0.29, 0.717) is 12.5 Å². The van der Waals surface area contributed by atoms with Crippen LogP contribution in [-0.2, 0) is 0 Å². The number of aryl methyl sites for hydroxylation is 3. The monoisotopic (exact) mass is 239 g/mol. The lowest BCUT2D eigenvalue weighted by molar-refractivity contribution is 0.804. The molecule has 0 amide bonds. The van der Waals surface area contributed by atoms with Crippen LogP contribution in [0.4, 0.5) is 0 Å². The van der Waals surface area contributed by atoms with Crippen LogP contribution < -0.4 is 5.73 Å². The summed E-state index contributed by atoms with van der Waals surface area (Å²) in [5.41, 5.74) is 12.7. The van der Waals surface area contributed by atoms with Gasteiger partial charge in [-0.25, -0.2) is 0 Å². The van der Waals surface area contributed by atoms with Crippen molar-refractivity contribution in [1.29, 1.82) is 0 Å². The van der Waals surface area contributed by atoms with Gasteiger partial charge >= 0.3 is 0 Å². The number of benzene rings is 2. The van der Waals surface area contributed by atoms with Crippen molar-refractivity contribution in [2.24, 2.45) is 5.73 Å². The Hall–Kier alpha value is -1.60. The van der Waals surface area contributed by atoms with Gasteiger partial charge in [-0.15, -0.1) is 0 Å². The Balaban J connectivity index is 2.52. The molecule has 2 aromatic rings. The van der Waals surface area contributed by atoms with E-state index < -0.39 is 0 Å². The second kappa shape index (κ2) is 5.36. The number of nitrogens with two attached hydrogens (primary N) is 1. The van der Waals surface area contributed by atoms with Crippen molar-refractivity contribution in [3.63, 3.8) is 0 Å². The summed E-state index contributed by atoms with van der Waals surface area (Å²) in [4.78, 5) is 0. The Bertz CT molecular complexity index is 506. The van der Waals surface area contributed by atoms with Gasteiger partial charge in [-0.2, -0.15) is 0 Å². The van der Waals surface area contributed by atoms with Gasteiger partial charge in [-0.05, 0) is 43.0 Å². The average Bonchev–Trinajstić information content (AvgIpc) is 2.34. The maximum atomic E-state index is 6.01. The molecule has 0 heterocycles. The largest absolute Gasteiger partial charge is 0.330 e. The Morgan fingerprint density at radius 1 is 0.944 bits per heavy atom. The van der Waals surface area contributed by atoms with E-state index in [1.165, 1.54) is 27.8 Å². The van der Waals surface area contributed by atoms with Gasteiger partial charge in [0.15, 0.2) is 0 Å². The van der Waals surface area contributed by atoms with Gasteiger partial charge in [0.1, 0.15) is 0 Å². The zero-order chi connectivity index (χ0) is 13.1. The lowest BCUT2D eigenvalue weighted by Gasteiger charge is -2.21. The molecule has 2 rings (SSSR count). The smallest absolute Gasteiger partial charge is 0.0217 e. The first kappa shape index (κ1) is 12.8. The van der Waals surface area contributed by atoms with Crippen molar-refractivity contribution in [3.8, 4) is 0 Å². The summed E-state index contributed by atoms with van der Waals surface area (Å²) in [6.07, 6.45) is 0. The van der Waals surface area contributed by atoms with Crippen LogP contribution in [0.15, 0.2) is 42.5 Å². The molecule has 2 N–H and O–H groups in total. The van der Waals surface area contributed by atoms with Gasteiger partial charge in [0, 0.05) is 12.5 Å². The third kappa shape index (κ3) is 2.46. The summed E-state index contributed by atoms with van der Waals surface area (Å²) in [7, 11) is 0. The Labute approximate surface area is 110 Å². The van der Waals surface area contributed by atoms with Crippen LogP contribution in [-0.4, -0.2) is 6.54 Å². The van der Waals surface area contributed by atoms with Crippen LogP contribution in [0.1, 0.15) is 33.7 Å². The molecular formula is C17H21N. The Morgan fingerprint density at radius 2 is 1.50 bits per heavy atom. The van der Waals surface area contributed by atoms with Crippen LogP contribution in [0.25, 0.3) is 0 Å². The topological polar surface area (TPSA) is 26.0 Å². The molecule has 18 heavy (non-hydrogen) atoms. The van der Waals surface area contributed by atoms with E-state index in [2.05, 4.69) is 57.2 Å². The second-order valence-corrected chi connectivity index (χ2v) is 5.01. The quantitative estimate of drug-likeness (QED) is 0.868. The Morgan fingerprint density at radius 3 is 2.00 bits per heavy atom. The summed E-state index contributed by atoms with van der Waals surface area (Å²) < 4.78 is 0. The SMILES string of the molecule is Cc1cc(C)c(C(CN)c2ccccc2)c(C)c1. The first-order valence-electron chi connectivity index (χ1n) is 6.46. The molecule has 0 spiro atoms. The van der Waals surface area contributed by atoms with Gasteiger partial charge in [0.2, 0.25) is 0 Å². The highest BCUT2D eigenvalue weighted by molar-refractivity contribution is 5.44. The molecule has 0 aliphatic heterocycles. The minimum absolute atomic E-state index is 0.298. The molecule has 94 valence electrons. The minimum atomic E-state index is 0.298. The number of hydrogen-bond acceptors (Lipinski definition) is 1. The third-order valence-electron chi connectivity index (χ3n) is 3.52. The first-order chi connectivity index (χ1) is 8.63. The lowest BCUT2D eigenvalue weighted by atomic mass is 9.85. The van der Waals surface area contributed by atoms with Gasteiger partial charge in [0.25, 0.3) is 0 Å². The second-order valence-electron chi connectivity index (χ2n) is 5.01. The van der Waals surface area contributed by atoms with Crippen molar-refractivity contribution in [2.75, 3.05) is 6.54 Å². The van der Waals surface area contributed by atoms with Crippen LogP contribution in [0, 0.1) is 20.8 Å². The summed E-state index contributed by atoms with van der Waals surface area (Å²) in [5, 5.41) is 0. The fraction of sp³-hybridized carbons (Fsp3) is 0.294. The first-order valence-corrected chi connectivity index (χ1v) is 6.46. The molecule has 1 heteroatoms. The third-order valence-corrected chi connectivity index (χ3v) is 3.52. The van der Waals surface area contributed by atoms with Crippen molar-refractivity contribution < 1.29 is 0 Å². The molecule has 0 aliphatic rings. The van der Waals surface area contributed by atoms with Gasteiger partial charge in [-0.1, -0.05) is 48.0 Å². The maximum absolute atomic E-state index is 6.01. The predicted molar refractivity (Wildman–Crippen MR) is 78.0 cm³/mol. The van der Waals surface area contributed by atoms with E-state index in [4.69, 9.17) is 5.73 Å². The summed E-state index contributed by atoms with van der Waals surface area (Å²) in [5.74, 6) is 0.298. The standard InChI is InChI=1S/C17H21N/c1-12-9-13(2)17(14(3)10-12)16(11-18)15-7-5-4-6-8-15/h4-10,16H,11,18H2,1-3H3. The number of hydrogen-bond donors (Lipinski definition) is 1. The highest BCUT2D eigenvalue weighted by Crippen LogP contribution is 2.29. The number of rotatable bonds is 3. The predicted octanol–water partition coefficient (Wildman–Crippen LogP) is 3.70. The zero-order valence-electron chi connectivity index (χ0n) is 11.4. The van der Waals surface area contributed by atoms with Crippen molar-refractivity contribution >= 4 is 0 Å². The normalized spacial score (nSPS) is 12.4. The molecular weight excluding hydrogens is 218 g/mol. The maximum Gasteiger partial charge on any atom is 0.0217 e. The molecule has 0 bridgehead atoms. The fourth-order valence-electron chi connectivity index (χ4n) is 2.85. The van der Waals surface area contributed by atoms with Gasteiger partial charge in [0.05, 0.1) is 0 Å². The van der Waals surface area contributed by atoms with E-state index in [1.54, 1.807) is 0 Å². The van der Waals surface area contributed by atoms with E-state index in [1.807, 2.05) is 6.07 Å². The van der Waals surface area contributed by atoms with Gasteiger partial charge in [-0.3, -0.25) is 0 Å². The van der Waals surface area contributed by atoms with Crippen LogP contribution >= 0.6 is 0 Å². The van der Waals surface area contributed by atoms with Crippen LogP contribution in [0.2, 0.25) is 0 Å². The average molecular weight is 239 g/mol. The molecule has 1 nitrogen and oxygen atoms in total. The van der Waals surface area contributed by atoms with Crippen molar-refractivity contribution in [1.82, 2.24) is 0 Å². The molecule has 0 fully saturated rings. The highest BCUT2D eigenvalue weighted by Gasteiger charge is 2.16. The summed E-state index contributed by atoms with van der Waals surface area (Å²) in [6, 6.07) is 15.0. The zero-order valence-corrected chi connectivity index (χ0v) is 11.4. The van der Waals surface area contributed by atoms with Gasteiger partial charge < -0.3 is 5.73 Å². The van der Waals surface area contributed by atoms with Crippen LogP contribution in [0.5, 0.6) is 0 Å². The lowest BCUT2D eigenvalue weighted by Crippen LogP contribution is -2.16. The molecule has 1 unspecified atom stereocenters. The van der Waals surface area contributed by atoms with E-state index in [-0.39, 0.29) is 0 Å². The molecule has 0 aromatic heterocycles. The summed E-state index contributed by atoms with van der Waals surface area (Å²) in [6.45, 7) is 7.15. The van der Waals surface area contributed by atoms with E-state index in [0.717, 1.165) is 0 Å². The van der Waals surface area contributed by atoms with Crippen molar-refractivity contribution in [3.05, 3.63) is 70.3 Å². The molecule has 0 aliphatic carbocycles. The summed E-state index contributed by atoms with van der Waals surface area (Å²) >= 11 is 0. The van der Waals surface area contributed by atoms with Crippen molar-refractivity contribution in [2.45, 2.75) is 26.7 Å². The van der Waals surface area contributed by atoms with Crippen LogP contribution in [0.3, 0.4) is 0 Å². The molecule has 0 radical (unpaired) electrons.